The molecule has 3 heterocycles. The van der Waals surface area contributed by atoms with Crippen molar-refractivity contribution in [1.82, 2.24) is 14.9 Å². The second kappa shape index (κ2) is 8.49. The van der Waals surface area contributed by atoms with Gasteiger partial charge in [0.1, 0.15) is 11.6 Å². The maximum Gasteiger partial charge on any atom is 0.138 e. The van der Waals surface area contributed by atoms with Crippen molar-refractivity contribution in [1.29, 1.82) is 0 Å². The zero-order valence-electron chi connectivity index (χ0n) is 18.7. The van der Waals surface area contributed by atoms with E-state index in [-0.39, 0.29) is 12.4 Å². The molecule has 1 aliphatic heterocycles. The Kier molecular flexibility index (Phi) is 5.68. The number of anilines is 3. The molecule has 0 radical (unpaired) electrons. The van der Waals surface area contributed by atoms with Crippen molar-refractivity contribution >= 4 is 29.7 Å². The van der Waals surface area contributed by atoms with Crippen LogP contribution in [-0.2, 0) is 11.8 Å². The standard InChI is InChI=1S/C27H30N4.ClH/c1-30-17-14-27-13-5-2-8-22(27)24(30)18-20-11-12-21(19-23(20)27)31(25-9-3-6-15-28-25)26-10-4-7-16-29-26;/h3-4,6-7,9-12,15-16,19,22,24H,2,5,8,13-14,17-18H2,1H3;1H/t22-,24+,27+;/m0./s1. The summed E-state index contributed by atoms with van der Waals surface area (Å²) in [5, 5.41) is 0. The first-order valence-electron chi connectivity index (χ1n) is 11.7. The SMILES string of the molecule is CN1CC[C@]23CCCC[C@H]2[C@H]1Cc1ccc(N(c2ccccn2)c2ccccn2)cc13.Cl. The van der Waals surface area contributed by atoms with E-state index >= 15 is 0 Å². The zero-order chi connectivity index (χ0) is 20.8. The molecule has 3 aromatic rings. The summed E-state index contributed by atoms with van der Waals surface area (Å²) in [5.74, 6) is 2.62. The van der Waals surface area contributed by atoms with E-state index < -0.39 is 0 Å². The van der Waals surface area contributed by atoms with Crippen LogP contribution in [0.1, 0.15) is 43.2 Å². The molecule has 2 aliphatic carbocycles. The third-order valence-electron chi connectivity index (χ3n) is 8.11. The number of benzene rings is 1. The van der Waals surface area contributed by atoms with Gasteiger partial charge in [-0.15, -0.1) is 12.4 Å². The van der Waals surface area contributed by atoms with E-state index in [1.54, 1.807) is 11.1 Å². The molecule has 3 aliphatic rings. The van der Waals surface area contributed by atoms with Gasteiger partial charge in [-0.1, -0.05) is 31.0 Å². The summed E-state index contributed by atoms with van der Waals surface area (Å²) < 4.78 is 0. The number of pyridine rings is 2. The summed E-state index contributed by atoms with van der Waals surface area (Å²) in [6.45, 7) is 1.22. The number of piperidine rings is 1. The van der Waals surface area contributed by atoms with Crippen molar-refractivity contribution in [2.24, 2.45) is 5.92 Å². The summed E-state index contributed by atoms with van der Waals surface area (Å²) in [6.07, 6.45) is 11.7. The summed E-state index contributed by atoms with van der Waals surface area (Å²) in [4.78, 5) is 14.2. The van der Waals surface area contributed by atoms with Gasteiger partial charge in [-0.2, -0.15) is 0 Å². The maximum atomic E-state index is 4.68. The number of likely N-dealkylation sites (tertiary alicyclic amines) is 1. The van der Waals surface area contributed by atoms with Crippen molar-refractivity contribution in [2.75, 3.05) is 18.5 Å². The highest BCUT2D eigenvalue weighted by Gasteiger charge is 2.53. The highest BCUT2D eigenvalue weighted by Crippen LogP contribution is 2.56. The molecule has 0 N–H and O–H groups in total. The Bertz CT molecular complexity index is 1030. The van der Waals surface area contributed by atoms with Crippen LogP contribution >= 0.6 is 12.4 Å². The molecule has 0 amide bonds. The third kappa shape index (κ3) is 3.32. The number of aromatic nitrogens is 2. The molecule has 6 rings (SSSR count). The molecule has 1 saturated heterocycles. The molecule has 3 atom stereocenters. The lowest BCUT2D eigenvalue weighted by atomic mass is 9.52. The molecular weight excluding hydrogens is 416 g/mol. The number of nitrogens with zero attached hydrogens (tertiary/aromatic N) is 4. The first-order chi connectivity index (χ1) is 15.3. The van der Waals surface area contributed by atoms with Gasteiger partial charge >= 0.3 is 0 Å². The minimum absolute atomic E-state index is 0. The van der Waals surface area contributed by atoms with Gasteiger partial charge < -0.3 is 4.90 Å². The first kappa shape index (κ1) is 21.4. The Morgan fingerprint density at radius 1 is 0.938 bits per heavy atom. The molecule has 0 spiro atoms. The Hall–Kier alpha value is -2.43. The van der Waals surface area contributed by atoms with Crippen molar-refractivity contribution in [2.45, 2.75) is 50.0 Å². The van der Waals surface area contributed by atoms with E-state index in [0.29, 0.717) is 11.5 Å². The Labute approximate surface area is 197 Å². The molecular formula is C27H31ClN4. The number of halogens is 1. The lowest BCUT2D eigenvalue weighted by molar-refractivity contribution is 0.00290. The number of hydrogen-bond acceptors (Lipinski definition) is 4. The summed E-state index contributed by atoms with van der Waals surface area (Å²) in [7, 11) is 2.34. The molecule has 1 aromatic carbocycles. The monoisotopic (exact) mass is 446 g/mol. The van der Waals surface area contributed by atoms with Crippen LogP contribution in [0.2, 0.25) is 0 Å². The third-order valence-corrected chi connectivity index (χ3v) is 8.11. The molecule has 32 heavy (non-hydrogen) atoms. The average molecular weight is 447 g/mol. The van der Waals surface area contributed by atoms with Crippen LogP contribution in [0.25, 0.3) is 0 Å². The maximum absolute atomic E-state index is 4.68. The number of hydrogen-bond donors (Lipinski definition) is 0. The van der Waals surface area contributed by atoms with Gasteiger partial charge in [0.05, 0.1) is 0 Å². The average Bonchev–Trinajstić information content (AvgIpc) is 2.83. The fourth-order valence-electron chi connectivity index (χ4n) is 6.68. The fraction of sp³-hybridized carbons (Fsp3) is 0.407. The van der Waals surface area contributed by atoms with Gasteiger partial charge in [-0.3, -0.25) is 4.90 Å². The summed E-state index contributed by atoms with van der Waals surface area (Å²) in [6, 6.07) is 20.0. The van der Waals surface area contributed by atoms with Gasteiger partial charge in [0.15, 0.2) is 0 Å². The normalized spacial score (nSPS) is 26.4. The molecule has 4 nitrogen and oxygen atoms in total. The number of fused-ring (bicyclic) bond motifs is 1. The quantitative estimate of drug-likeness (QED) is 0.489. The van der Waals surface area contributed by atoms with Crippen LogP contribution in [0.4, 0.5) is 17.3 Å². The van der Waals surface area contributed by atoms with E-state index in [9.17, 15) is 0 Å². The van der Waals surface area contributed by atoms with Crippen molar-refractivity contribution < 1.29 is 0 Å². The molecule has 0 unspecified atom stereocenters. The lowest BCUT2D eigenvalue weighted by Crippen LogP contribution is -2.59. The minimum Gasteiger partial charge on any atom is -0.303 e. The topological polar surface area (TPSA) is 32.3 Å². The van der Waals surface area contributed by atoms with Gasteiger partial charge in [-0.25, -0.2) is 9.97 Å². The van der Waals surface area contributed by atoms with Crippen LogP contribution in [-0.4, -0.2) is 34.5 Å². The summed E-state index contributed by atoms with van der Waals surface area (Å²) >= 11 is 0. The van der Waals surface area contributed by atoms with E-state index in [2.05, 4.69) is 57.1 Å². The second-order valence-corrected chi connectivity index (χ2v) is 9.56. The van der Waals surface area contributed by atoms with Crippen LogP contribution in [0.15, 0.2) is 67.0 Å². The Morgan fingerprint density at radius 3 is 2.38 bits per heavy atom. The molecule has 166 valence electrons. The van der Waals surface area contributed by atoms with Crippen molar-refractivity contribution in [3.05, 3.63) is 78.1 Å². The van der Waals surface area contributed by atoms with E-state index in [1.165, 1.54) is 50.8 Å². The molecule has 1 saturated carbocycles. The molecule has 5 heteroatoms. The number of rotatable bonds is 3. The minimum atomic E-state index is 0. The van der Waals surface area contributed by atoms with Gasteiger partial charge in [0, 0.05) is 29.5 Å². The molecule has 2 fully saturated rings. The lowest BCUT2D eigenvalue weighted by Gasteiger charge is -2.58. The van der Waals surface area contributed by atoms with Crippen LogP contribution in [0.5, 0.6) is 0 Å². The van der Waals surface area contributed by atoms with E-state index in [0.717, 1.165) is 17.6 Å². The largest absolute Gasteiger partial charge is 0.303 e. The van der Waals surface area contributed by atoms with Gasteiger partial charge in [-0.05, 0) is 92.7 Å². The predicted molar refractivity (Wildman–Crippen MR) is 132 cm³/mol. The van der Waals surface area contributed by atoms with E-state index in [1.807, 2.05) is 36.7 Å². The Morgan fingerprint density at radius 2 is 1.69 bits per heavy atom. The van der Waals surface area contributed by atoms with Gasteiger partial charge in [0.2, 0.25) is 0 Å². The van der Waals surface area contributed by atoms with Crippen LogP contribution in [0.3, 0.4) is 0 Å². The highest BCUT2D eigenvalue weighted by atomic mass is 35.5. The van der Waals surface area contributed by atoms with Crippen molar-refractivity contribution in [3.63, 3.8) is 0 Å². The van der Waals surface area contributed by atoms with Crippen molar-refractivity contribution in [3.8, 4) is 0 Å². The van der Waals surface area contributed by atoms with Crippen LogP contribution < -0.4 is 4.90 Å². The fourth-order valence-corrected chi connectivity index (χ4v) is 6.68. The molecule has 2 bridgehead atoms. The zero-order valence-corrected chi connectivity index (χ0v) is 19.5. The van der Waals surface area contributed by atoms with Gasteiger partial charge in [0.25, 0.3) is 0 Å². The predicted octanol–water partition coefficient (Wildman–Crippen LogP) is 6.06. The van der Waals surface area contributed by atoms with Crippen LogP contribution in [0, 0.1) is 5.92 Å². The van der Waals surface area contributed by atoms with E-state index in [4.69, 9.17) is 0 Å². The smallest absolute Gasteiger partial charge is 0.138 e. The summed E-state index contributed by atoms with van der Waals surface area (Å²) in [5.41, 5.74) is 4.68. The highest BCUT2D eigenvalue weighted by molar-refractivity contribution is 5.85. The second-order valence-electron chi connectivity index (χ2n) is 9.56. The first-order valence-corrected chi connectivity index (χ1v) is 11.7. The Balaban J connectivity index is 0.00000216. The number of likely N-dealkylation sites (N-methyl/N-ethyl adjacent to an activating group) is 1. The molecule has 2 aromatic heterocycles.